The fourth-order valence-corrected chi connectivity index (χ4v) is 5.05. The average molecular weight is 501 g/mol. The third kappa shape index (κ3) is 4.64. The predicted molar refractivity (Wildman–Crippen MR) is 140 cm³/mol. The van der Waals surface area contributed by atoms with E-state index in [4.69, 9.17) is 19.9 Å². The van der Waals surface area contributed by atoms with Crippen LogP contribution in [-0.4, -0.2) is 50.3 Å². The summed E-state index contributed by atoms with van der Waals surface area (Å²) in [5.74, 6) is 2.22. The number of aromatic nitrogens is 4. The van der Waals surface area contributed by atoms with Crippen LogP contribution < -0.4 is 15.1 Å². The van der Waals surface area contributed by atoms with Crippen LogP contribution in [0.5, 0.6) is 11.5 Å². The second-order valence-corrected chi connectivity index (χ2v) is 9.54. The van der Waals surface area contributed by atoms with E-state index in [0.29, 0.717) is 42.3 Å². The normalized spacial score (nSPS) is 13.1. The Hall–Kier alpha value is -4.27. The van der Waals surface area contributed by atoms with E-state index >= 15 is 0 Å². The number of nitrogens with one attached hydrogen (secondary N) is 1. The molecule has 1 N–H and O–H groups in total. The van der Waals surface area contributed by atoms with Crippen molar-refractivity contribution >= 4 is 5.91 Å². The van der Waals surface area contributed by atoms with Crippen LogP contribution in [0.3, 0.4) is 0 Å². The lowest BCUT2D eigenvalue weighted by atomic mass is 9.90. The highest BCUT2D eigenvalue weighted by atomic mass is 16.5. The third-order valence-electron chi connectivity index (χ3n) is 6.91. The highest BCUT2D eigenvalue weighted by molar-refractivity contribution is 5.99. The van der Waals surface area contributed by atoms with Crippen LogP contribution in [-0.2, 0) is 33.6 Å². The molecule has 0 atom stereocenters. The average Bonchev–Trinajstić information content (AvgIpc) is 3.39. The zero-order valence-electron chi connectivity index (χ0n) is 21.9. The fourth-order valence-electron chi connectivity index (χ4n) is 5.05. The molecule has 0 radical (unpaired) electrons. The summed E-state index contributed by atoms with van der Waals surface area (Å²) in [4.78, 5) is 20.5. The Labute approximate surface area is 216 Å². The lowest BCUT2D eigenvalue weighted by molar-refractivity contribution is 0.0726. The Morgan fingerprint density at radius 2 is 1.59 bits per heavy atom. The molecule has 192 valence electrons. The Kier molecular flexibility index (Phi) is 6.37. The number of hydrogen-bond donors (Lipinski definition) is 1. The molecular formula is C28H32N6O3. The fraction of sp³-hybridized carbons (Fsp3) is 0.321. The molecule has 0 fully saturated rings. The van der Waals surface area contributed by atoms with E-state index in [1.54, 1.807) is 18.8 Å². The standard InChI is InChI=1S/C28H32N6O3/c1-18-15-32(3)26(30-18)24-12-20(17-34-9-8-31(2)28(34)29)13-25-23(24)6-7-33(27(25)35)16-19-10-21(36-4)14-22(11-19)37-5/h8-15,29H,6-7,16-17H2,1-5H3. The maximum atomic E-state index is 13.9. The van der Waals surface area contributed by atoms with Gasteiger partial charge in [0, 0.05) is 63.0 Å². The molecule has 2 aromatic carbocycles. The van der Waals surface area contributed by atoms with Gasteiger partial charge in [-0.3, -0.25) is 10.2 Å². The van der Waals surface area contributed by atoms with Gasteiger partial charge in [-0.1, -0.05) is 0 Å². The topological polar surface area (TPSA) is 90.3 Å². The van der Waals surface area contributed by atoms with Crippen LogP contribution in [0.2, 0.25) is 0 Å². The van der Waals surface area contributed by atoms with E-state index in [-0.39, 0.29) is 5.91 Å². The quantitative estimate of drug-likeness (QED) is 0.422. The molecule has 0 bridgehead atoms. The van der Waals surface area contributed by atoms with Crippen LogP contribution in [0.15, 0.2) is 48.9 Å². The first-order valence-corrected chi connectivity index (χ1v) is 12.2. The molecule has 1 amide bonds. The summed E-state index contributed by atoms with van der Waals surface area (Å²) in [7, 11) is 7.07. The number of imidazole rings is 2. The van der Waals surface area contributed by atoms with Crippen LogP contribution in [0.25, 0.3) is 11.4 Å². The van der Waals surface area contributed by atoms with E-state index in [1.807, 2.05) is 77.9 Å². The molecule has 9 nitrogen and oxygen atoms in total. The van der Waals surface area contributed by atoms with Crippen LogP contribution >= 0.6 is 0 Å². The second kappa shape index (κ2) is 9.65. The van der Waals surface area contributed by atoms with Gasteiger partial charge in [0.2, 0.25) is 5.62 Å². The van der Waals surface area contributed by atoms with Crippen LogP contribution in [0, 0.1) is 12.3 Å². The summed E-state index contributed by atoms with van der Waals surface area (Å²) < 4.78 is 16.5. The minimum absolute atomic E-state index is 0.0128. The van der Waals surface area contributed by atoms with Crippen LogP contribution in [0.1, 0.15) is 32.7 Å². The molecule has 1 aliphatic rings. The number of rotatable bonds is 7. The first-order chi connectivity index (χ1) is 17.8. The highest BCUT2D eigenvalue weighted by Gasteiger charge is 2.29. The molecule has 0 saturated carbocycles. The van der Waals surface area contributed by atoms with Crippen molar-refractivity contribution in [2.45, 2.75) is 26.4 Å². The van der Waals surface area contributed by atoms with Gasteiger partial charge in [0.15, 0.2) is 0 Å². The number of amides is 1. The maximum Gasteiger partial charge on any atom is 0.254 e. The summed E-state index contributed by atoms with van der Waals surface area (Å²) in [5, 5.41) is 8.34. The van der Waals surface area contributed by atoms with Gasteiger partial charge < -0.3 is 28.1 Å². The molecule has 5 rings (SSSR count). The van der Waals surface area contributed by atoms with Crippen molar-refractivity contribution in [2.24, 2.45) is 14.1 Å². The molecule has 0 aliphatic carbocycles. The van der Waals surface area contributed by atoms with Gasteiger partial charge in [0.05, 0.1) is 26.5 Å². The summed E-state index contributed by atoms with van der Waals surface area (Å²) in [6, 6.07) is 9.80. The monoisotopic (exact) mass is 500 g/mol. The largest absolute Gasteiger partial charge is 0.497 e. The van der Waals surface area contributed by atoms with Crippen molar-refractivity contribution in [1.82, 2.24) is 23.6 Å². The van der Waals surface area contributed by atoms with Gasteiger partial charge in [-0.05, 0) is 54.3 Å². The van der Waals surface area contributed by atoms with E-state index in [2.05, 4.69) is 6.07 Å². The van der Waals surface area contributed by atoms with Crippen molar-refractivity contribution < 1.29 is 14.3 Å². The number of ether oxygens (including phenoxy) is 2. The Morgan fingerprint density at radius 3 is 2.19 bits per heavy atom. The van der Waals surface area contributed by atoms with E-state index < -0.39 is 0 Å². The number of benzene rings is 2. The number of fused-ring (bicyclic) bond motifs is 1. The molecule has 0 saturated heterocycles. The summed E-state index contributed by atoms with van der Waals surface area (Å²) in [6.45, 7) is 3.52. The maximum absolute atomic E-state index is 13.9. The Balaban J connectivity index is 1.56. The van der Waals surface area contributed by atoms with Gasteiger partial charge in [0.25, 0.3) is 5.91 Å². The molecule has 37 heavy (non-hydrogen) atoms. The van der Waals surface area contributed by atoms with Crippen molar-refractivity contribution in [3.05, 3.63) is 82.5 Å². The SMILES string of the molecule is COc1cc(CN2CCc3c(cc(Cn4ccn(C)c4=N)cc3-c3nc(C)cn3C)C2=O)cc(OC)c1. The molecule has 9 heteroatoms. The smallest absolute Gasteiger partial charge is 0.254 e. The zero-order valence-corrected chi connectivity index (χ0v) is 21.9. The lowest BCUT2D eigenvalue weighted by Crippen LogP contribution is -2.37. The molecule has 0 spiro atoms. The Bertz CT molecular complexity index is 1520. The predicted octanol–water partition coefficient (Wildman–Crippen LogP) is 3.28. The molecule has 0 unspecified atom stereocenters. The van der Waals surface area contributed by atoms with E-state index in [9.17, 15) is 4.79 Å². The van der Waals surface area contributed by atoms with Crippen molar-refractivity contribution in [1.29, 1.82) is 5.41 Å². The molecule has 2 aromatic heterocycles. The Morgan fingerprint density at radius 1 is 0.919 bits per heavy atom. The highest BCUT2D eigenvalue weighted by Crippen LogP contribution is 2.33. The van der Waals surface area contributed by atoms with E-state index in [0.717, 1.165) is 40.2 Å². The van der Waals surface area contributed by atoms with Crippen molar-refractivity contribution in [2.75, 3.05) is 20.8 Å². The number of nitrogens with zero attached hydrogens (tertiary/aromatic N) is 5. The first kappa shape index (κ1) is 24.4. The van der Waals surface area contributed by atoms with Crippen molar-refractivity contribution in [3.63, 3.8) is 0 Å². The minimum atomic E-state index is -0.0128. The molecule has 1 aliphatic heterocycles. The van der Waals surface area contributed by atoms with Gasteiger partial charge in [-0.25, -0.2) is 4.98 Å². The number of hydrogen-bond acceptors (Lipinski definition) is 5. The minimum Gasteiger partial charge on any atom is -0.497 e. The number of aryl methyl sites for hydroxylation is 3. The summed E-state index contributed by atoms with van der Waals surface area (Å²) in [6.07, 6.45) is 6.47. The number of methoxy groups -OCH3 is 2. The molecular weight excluding hydrogens is 468 g/mol. The number of carbonyl (C=O) groups excluding carboxylic acids is 1. The molecule has 3 heterocycles. The van der Waals surface area contributed by atoms with Gasteiger partial charge >= 0.3 is 0 Å². The molecule has 4 aromatic rings. The summed E-state index contributed by atoms with van der Waals surface area (Å²) >= 11 is 0. The van der Waals surface area contributed by atoms with E-state index in [1.165, 1.54) is 0 Å². The van der Waals surface area contributed by atoms with Gasteiger partial charge in [-0.15, -0.1) is 0 Å². The number of carbonyl (C=O) groups is 1. The van der Waals surface area contributed by atoms with Crippen LogP contribution in [0.4, 0.5) is 0 Å². The van der Waals surface area contributed by atoms with Crippen molar-refractivity contribution in [3.8, 4) is 22.9 Å². The third-order valence-corrected chi connectivity index (χ3v) is 6.91. The van der Waals surface area contributed by atoms with Gasteiger partial charge in [-0.2, -0.15) is 0 Å². The first-order valence-electron chi connectivity index (χ1n) is 12.2. The van der Waals surface area contributed by atoms with Gasteiger partial charge in [0.1, 0.15) is 17.3 Å². The zero-order chi connectivity index (χ0) is 26.3. The lowest BCUT2D eigenvalue weighted by Gasteiger charge is -2.30. The second-order valence-electron chi connectivity index (χ2n) is 9.54. The summed E-state index contributed by atoms with van der Waals surface area (Å²) in [5.41, 5.74) is 5.91.